The van der Waals surface area contributed by atoms with Crippen LogP contribution < -0.4 is 24.4 Å². The normalized spacial score (nSPS) is 15.1. The number of terminal acetylenes is 1. The predicted octanol–water partition coefficient (Wildman–Crippen LogP) is 4.36. The quantitative estimate of drug-likeness (QED) is 0.286. The van der Waals surface area contributed by atoms with Crippen LogP contribution in [-0.2, 0) is 9.53 Å². The van der Waals surface area contributed by atoms with Gasteiger partial charge in [-0.3, -0.25) is 9.36 Å². The average molecular weight is 596 g/mol. The Morgan fingerprint density at radius 2 is 1.97 bits per heavy atom. The highest BCUT2D eigenvalue weighted by Crippen LogP contribution is 2.32. The first kappa shape index (κ1) is 27.4. The number of fused-ring (bicyclic) bond motifs is 1. The van der Waals surface area contributed by atoms with E-state index in [1.165, 1.54) is 11.3 Å². The maximum atomic E-state index is 13.9. The fourth-order valence-corrected chi connectivity index (χ4v) is 5.53. The largest absolute Gasteiger partial charge is 0.494 e. The van der Waals surface area contributed by atoms with Gasteiger partial charge in [-0.2, -0.15) is 0 Å². The first-order valence-corrected chi connectivity index (χ1v) is 13.7. The van der Waals surface area contributed by atoms with E-state index >= 15 is 0 Å². The molecular formula is C29H27BrN2O5S. The van der Waals surface area contributed by atoms with Crippen LogP contribution in [0.3, 0.4) is 0 Å². The lowest BCUT2D eigenvalue weighted by Gasteiger charge is -2.25. The molecule has 1 aliphatic rings. The Morgan fingerprint density at radius 1 is 1.24 bits per heavy atom. The molecule has 4 rings (SSSR count). The molecule has 196 valence electrons. The van der Waals surface area contributed by atoms with Crippen LogP contribution in [0.4, 0.5) is 0 Å². The van der Waals surface area contributed by atoms with Gasteiger partial charge in [-0.1, -0.05) is 45.3 Å². The maximum Gasteiger partial charge on any atom is 0.338 e. The van der Waals surface area contributed by atoms with Crippen molar-refractivity contribution in [1.82, 2.24) is 4.57 Å². The fourth-order valence-electron chi connectivity index (χ4n) is 4.11. The van der Waals surface area contributed by atoms with Gasteiger partial charge in [0.15, 0.2) is 4.80 Å². The van der Waals surface area contributed by atoms with E-state index in [1.807, 2.05) is 43.3 Å². The van der Waals surface area contributed by atoms with Crippen molar-refractivity contribution in [2.75, 3.05) is 13.2 Å². The molecule has 9 heteroatoms. The van der Waals surface area contributed by atoms with Crippen LogP contribution in [0.15, 0.2) is 68.0 Å². The molecular weight excluding hydrogens is 568 g/mol. The molecule has 1 aliphatic heterocycles. The molecule has 0 saturated heterocycles. The average Bonchev–Trinajstić information content (AvgIpc) is 3.17. The predicted molar refractivity (Wildman–Crippen MR) is 151 cm³/mol. The molecule has 0 bridgehead atoms. The summed E-state index contributed by atoms with van der Waals surface area (Å²) >= 11 is 4.72. The van der Waals surface area contributed by atoms with Gasteiger partial charge in [0.2, 0.25) is 0 Å². The van der Waals surface area contributed by atoms with Gasteiger partial charge in [0, 0.05) is 10.0 Å². The maximum absolute atomic E-state index is 13.9. The van der Waals surface area contributed by atoms with Crippen molar-refractivity contribution < 1.29 is 19.0 Å². The van der Waals surface area contributed by atoms with Crippen LogP contribution in [0, 0.1) is 12.3 Å². The zero-order valence-electron chi connectivity index (χ0n) is 21.5. The van der Waals surface area contributed by atoms with Crippen molar-refractivity contribution in [3.63, 3.8) is 0 Å². The lowest BCUT2D eigenvalue weighted by atomic mass is 9.96. The summed E-state index contributed by atoms with van der Waals surface area (Å²) in [6.45, 7) is 7.87. The summed E-state index contributed by atoms with van der Waals surface area (Å²) in [5.41, 5.74) is 1.97. The van der Waals surface area contributed by atoms with Gasteiger partial charge in [-0.15, -0.1) is 6.42 Å². The van der Waals surface area contributed by atoms with E-state index in [0.717, 1.165) is 10.0 Å². The Morgan fingerprint density at radius 3 is 2.63 bits per heavy atom. The van der Waals surface area contributed by atoms with Crippen molar-refractivity contribution >= 4 is 39.3 Å². The van der Waals surface area contributed by atoms with Crippen molar-refractivity contribution in [2.45, 2.75) is 39.8 Å². The molecule has 0 saturated carbocycles. The minimum atomic E-state index is -0.713. The lowest BCUT2D eigenvalue weighted by Crippen LogP contribution is -2.40. The third-order valence-electron chi connectivity index (χ3n) is 5.66. The summed E-state index contributed by atoms with van der Waals surface area (Å²) in [5, 5.41) is 0. The van der Waals surface area contributed by atoms with Crippen molar-refractivity contribution in [2.24, 2.45) is 4.99 Å². The van der Waals surface area contributed by atoms with E-state index in [-0.39, 0.29) is 18.3 Å². The Balaban J connectivity index is 1.91. The van der Waals surface area contributed by atoms with Crippen LogP contribution in [-0.4, -0.2) is 29.9 Å². The van der Waals surface area contributed by atoms with E-state index < -0.39 is 12.0 Å². The molecule has 7 nitrogen and oxygen atoms in total. The number of aromatic nitrogens is 1. The molecule has 0 N–H and O–H groups in total. The van der Waals surface area contributed by atoms with Gasteiger partial charge in [0.25, 0.3) is 5.56 Å². The SMILES string of the molecule is C#CCOc1ccc(Br)cc1/C=c1/sc2n(c1=O)[C@H](c1ccc(OCC)cc1)C(C(=O)OC(C)C)=C(C)N=2. The van der Waals surface area contributed by atoms with E-state index in [2.05, 4.69) is 26.8 Å². The monoisotopic (exact) mass is 594 g/mol. The van der Waals surface area contributed by atoms with Gasteiger partial charge < -0.3 is 14.2 Å². The molecule has 0 unspecified atom stereocenters. The highest BCUT2D eigenvalue weighted by molar-refractivity contribution is 9.10. The molecule has 0 aliphatic carbocycles. The molecule has 0 fully saturated rings. The van der Waals surface area contributed by atoms with Gasteiger partial charge >= 0.3 is 5.97 Å². The van der Waals surface area contributed by atoms with Crippen LogP contribution >= 0.6 is 27.3 Å². The third kappa shape index (κ3) is 5.77. The second-order valence-electron chi connectivity index (χ2n) is 8.71. The number of halogens is 1. The molecule has 0 amide bonds. The summed E-state index contributed by atoms with van der Waals surface area (Å²) in [7, 11) is 0. The summed E-state index contributed by atoms with van der Waals surface area (Å²) in [6, 6.07) is 12.1. The third-order valence-corrected chi connectivity index (χ3v) is 7.14. The highest BCUT2D eigenvalue weighted by atomic mass is 79.9. The first-order valence-electron chi connectivity index (χ1n) is 12.1. The van der Waals surface area contributed by atoms with Gasteiger partial charge in [-0.25, -0.2) is 9.79 Å². The number of benzene rings is 2. The fraction of sp³-hybridized carbons (Fsp3) is 0.276. The van der Waals surface area contributed by atoms with Crippen LogP contribution in [0.1, 0.15) is 44.9 Å². The van der Waals surface area contributed by atoms with E-state index in [4.69, 9.17) is 20.6 Å². The summed E-state index contributed by atoms with van der Waals surface area (Å²) in [5.74, 6) is 3.20. The van der Waals surface area contributed by atoms with Crippen molar-refractivity contribution in [1.29, 1.82) is 0 Å². The number of carbonyl (C=O) groups is 1. The number of hydrogen-bond acceptors (Lipinski definition) is 7. The number of rotatable bonds is 8. The Kier molecular flexibility index (Phi) is 8.55. The number of allylic oxidation sites excluding steroid dienone is 1. The summed E-state index contributed by atoms with van der Waals surface area (Å²) in [6.07, 6.45) is 6.79. The summed E-state index contributed by atoms with van der Waals surface area (Å²) in [4.78, 5) is 32.3. The van der Waals surface area contributed by atoms with Crippen LogP contribution in [0.2, 0.25) is 0 Å². The van der Waals surface area contributed by atoms with E-state index in [9.17, 15) is 9.59 Å². The minimum Gasteiger partial charge on any atom is -0.494 e. The Bertz CT molecular complexity index is 1610. The lowest BCUT2D eigenvalue weighted by molar-refractivity contribution is -0.143. The number of hydrogen-bond donors (Lipinski definition) is 0. The number of carbonyl (C=O) groups excluding carboxylic acids is 1. The van der Waals surface area contributed by atoms with Crippen molar-refractivity contribution in [3.8, 4) is 23.8 Å². The highest BCUT2D eigenvalue weighted by Gasteiger charge is 2.33. The number of ether oxygens (including phenoxy) is 3. The number of nitrogens with zero attached hydrogens (tertiary/aromatic N) is 2. The second-order valence-corrected chi connectivity index (χ2v) is 10.6. The molecule has 2 aromatic carbocycles. The van der Waals surface area contributed by atoms with E-state index in [1.54, 1.807) is 37.5 Å². The topological polar surface area (TPSA) is 79.1 Å². The molecule has 3 aromatic rings. The molecule has 1 atom stereocenters. The number of thiazole rings is 1. The van der Waals surface area contributed by atoms with Gasteiger partial charge in [-0.05, 0) is 69.7 Å². The molecule has 2 heterocycles. The zero-order valence-corrected chi connectivity index (χ0v) is 23.9. The van der Waals surface area contributed by atoms with Crippen molar-refractivity contribution in [3.05, 3.63) is 89.0 Å². The number of esters is 1. The smallest absolute Gasteiger partial charge is 0.338 e. The van der Waals surface area contributed by atoms with Gasteiger partial charge in [0.05, 0.1) is 34.6 Å². The molecule has 1 aromatic heterocycles. The van der Waals surface area contributed by atoms with E-state index in [0.29, 0.717) is 44.3 Å². The van der Waals surface area contributed by atoms with Gasteiger partial charge in [0.1, 0.15) is 18.1 Å². The minimum absolute atomic E-state index is 0.0992. The summed E-state index contributed by atoms with van der Waals surface area (Å²) < 4.78 is 19.6. The standard InChI is InChI=1S/C29H27BrN2O5S/c1-6-14-36-23-13-10-21(30)15-20(23)16-24-27(33)32-26(19-8-11-22(12-9-19)35-7-2)25(28(34)37-17(3)4)18(5)31-29(32)38-24/h1,8-13,15-17,26H,7,14H2,2-5H3/b24-16+/t26-/m1/s1. The molecule has 0 spiro atoms. The molecule has 0 radical (unpaired) electrons. The molecule has 38 heavy (non-hydrogen) atoms. The Hall–Kier alpha value is -3.61. The van der Waals surface area contributed by atoms with Crippen LogP contribution in [0.25, 0.3) is 6.08 Å². The first-order chi connectivity index (χ1) is 18.2. The Labute approximate surface area is 233 Å². The van der Waals surface area contributed by atoms with Crippen LogP contribution in [0.5, 0.6) is 11.5 Å². The second kappa shape index (κ2) is 11.8. The zero-order chi connectivity index (χ0) is 27.4.